The first-order valence-electron chi connectivity index (χ1n) is 6.32. The van der Waals surface area contributed by atoms with Crippen molar-refractivity contribution in [2.75, 3.05) is 11.9 Å². The third-order valence-corrected chi connectivity index (χ3v) is 2.58. The van der Waals surface area contributed by atoms with Crippen molar-refractivity contribution in [3.05, 3.63) is 54.6 Å². The van der Waals surface area contributed by atoms with Gasteiger partial charge in [-0.1, -0.05) is 0 Å². The van der Waals surface area contributed by atoms with Crippen LogP contribution in [-0.2, 0) is 4.79 Å². The molecule has 1 amide bonds. The molecule has 0 atom stereocenters. The molecule has 0 bridgehead atoms. The average molecular weight is 274 g/mol. The summed E-state index contributed by atoms with van der Waals surface area (Å²) in [6, 6.07) is 9.27. The van der Waals surface area contributed by atoms with E-state index in [2.05, 4.69) is 10.3 Å². The number of nitrogens with zero attached hydrogens (tertiary/aromatic N) is 1. The molecule has 104 valence electrons. The molecule has 1 aromatic carbocycles. The minimum Gasteiger partial charge on any atom is -0.492 e. The van der Waals surface area contributed by atoms with Gasteiger partial charge < -0.3 is 10.1 Å². The first kappa shape index (κ1) is 14.0. The van der Waals surface area contributed by atoms with Crippen molar-refractivity contribution in [3.63, 3.8) is 0 Å². The second-order valence-electron chi connectivity index (χ2n) is 4.20. The Hall–Kier alpha value is -2.43. The quantitative estimate of drug-likeness (QED) is 0.824. The van der Waals surface area contributed by atoms with E-state index in [1.807, 2.05) is 6.07 Å². The number of amides is 1. The van der Waals surface area contributed by atoms with Crippen LogP contribution in [-0.4, -0.2) is 17.5 Å². The van der Waals surface area contributed by atoms with Crippen LogP contribution < -0.4 is 10.1 Å². The summed E-state index contributed by atoms with van der Waals surface area (Å²) in [5, 5.41) is 2.69. The molecule has 20 heavy (non-hydrogen) atoms. The largest absolute Gasteiger partial charge is 0.492 e. The number of hydrogen-bond donors (Lipinski definition) is 1. The fourth-order valence-corrected chi connectivity index (χ4v) is 1.61. The molecule has 0 radical (unpaired) electrons. The van der Waals surface area contributed by atoms with Gasteiger partial charge in [0.05, 0.1) is 12.8 Å². The van der Waals surface area contributed by atoms with Crippen molar-refractivity contribution in [1.29, 1.82) is 0 Å². The molecule has 4 nitrogen and oxygen atoms in total. The van der Waals surface area contributed by atoms with Gasteiger partial charge >= 0.3 is 0 Å². The molecule has 5 heteroatoms. The van der Waals surface area contributed by atoms with E-state index in [0.717, 1.165) is 0 Å². The Balaban J connectivity index is 1.66. The number of anilines is 1. The average Bonchev–Trinajstić information content (AvgIpc) is 2.47. The normalized spacial score (nSPS) is 10.1. The first-order valence-corrected chi connectivity index (χ1v) is 6.32. The van der Waals surface area contributed by atoms with E-state index in [4.69, 9.17) is 4.74 Å². The van der Waals surface area contributed by atoms with E-state index < -0.39 is 0 Å². The molecule has 0 fully saturated rings. The highest BCUT2D eigenvalue weighted by molar-refractivity contribution is 5.90. The van der Waals surface area contributed by atoms with Crippen LogP contribution in [0.1, 0.15) is 12.8 Å². The molecular weight excluding hydrogens is 259 g/mol. The summed E-state index contributed by atoms with van der Waals surface area (Å²) in [6.45, 7) is 0.447. The second-order valence-corrected chi connectivity index (χ2v) is 4.20. The highest BCUT2D eigenvalue weighted by Gasteiger charge is 2.03. The Bertz CT molecular complexity index is 544. The van der Waals surface area contributed by atoms with Crippen LogP contribution in [0.4, 0.5) is 10.1 Å². The van der Waals surface area contributed by atoms with Gasteiger partial charge in [0.25, 0.3) is 0 Å². The number of pyridine rings is 1. The van der Waals surface area contributed by atoms with Gasteiger partial charge in [0.2, 0.25) is 5.91 Å². The van der Waals surface area contributed by atoms with Crippen molar-refractivity contribution in [3.8, 4) is 5.75 Å². The van der Waals surface area contributed by atoms with Gasteiger partial charge in [-0.3, -0.25) is 9.78 Å². The van der Waals surface area contributed by atoms with Crippen LogP contribution in [0.25, 0.3) is 0 Å². The fourth-order valence-electron chi connectivity index (χ4n) is 1.61. The molecular formula is C15H15FN2O2. The Morgan fingerprint density at radius 1 is 1.25 bits per heavy atom. The Morgan fingerprint density at radius 2 is 2.05 bits per heavy atom. The number of ether oxygens (including phenoxy) is 1. The summed E-state index contributed by atoms with van der Waals surface area (Å²) in [4.78, 5) is 15.6. The number of hydrogen-bond acceptors (Lipinski definition) is 3. The monoisotopic (exact) mass is 274 g/mol. The minimum atomic E-state index is -0.326. The van der Waals surface area contributed by atoms with Gasteiger partial charge in [-0.05, 0) is 42.8 Å². The summed E-state index contributed by atoms with van der Waals surface area (Å²) in [5.41, 5.74) is 0.588. The predicted octanol–water partition coefficient (Wildman–Crippen LogP) is 3.02. The van der Waals surface area contributed by atoms with Crippen LogP contribution in [0.2, 0.25) is 0 Å². The first-order chi connectivity index (χ1) is 9.74. The number of halogens is 1. The summed E-state index contributed by atoms with van der Waals surface area (Å²) < 4.78 is 18.1. The Labute approximate surface area is 116 Å². The molecule has 1 heterocycles. The SMILES string of the molecule is O=C(CCCOc1cccnc1)Nc1ccc(F)cc1. The molecule has 0 saturated carbocycles. The predicted molar refractivity (Wildman–Crippen MR) is 74.0 cm³/mol. The van der Waals surface area contributed by atoms with E-state index in [-0.39, 0.29) is 11.7 Å². The van der Waals surface area contributed by atoms with Crippen molar-refractivity contribution in [2.45, 2.75) is 12.8 Å². The summed E-state index contributed by atoms with van der Waals surface area (Å²) in [5.74, 6) is 0.241. The third-order valence-electron chi connectivity index (χ3n) is 2.58. The smallest absolute Gasteiger partial charge is 0.224 e. The molecule has 2 rings (SSSR count). The van der Waals surface area contributed by atoms with Gasteiger partial charge in [-0.15, -0.1) is 0 Å². The van der Waals surface area contributed by atoms with E-state index in [9.17, 15) is 9.18 Å². The zero-order chi connectivity index (χ0) is 14.2. The lowest BCUT2D eigenvalue weighted by molar-refractivity contribution is -0.116. The van der Waals surface area contributed by atoms with E-state index in [0.29, 0.717) is 30.9 Å². The molecule has 1 N–H and O–H groups in total. The number of aromatic nitrogens is 1. The summed E-state index contributed by atoms with van der Waals surface area (Å²) in [6.07, 6.45) is 4.24. The Morgan fingerprint density at radius 3 is 2.75 bits per heavy atom. The molecule has 0 aliphatic carbocycles. The van der Waals surface area contributed by atoms with Gasteiger partial charge in [0.1, 0.15) is 11.6 Å². The maximum Gasteiger partial charge on any atom is 0.224 e. The maximum atomic E-state index is 12.7. The molecule has 0 spiro atoms. The Kier molecular flexibility index (Phi) is 5.06. The second kappa shape index (κ2) is 7.23. The third kappa shape index (κ3) is 4.68. The number of carbonyl (C=O) groups excluding carboxylic acids is 1. The van der Waals surface area contributed by atoms with Crippen LogP contribution >= 0.6 is 0 Å². The van der Waals surface area contributed by atoms with Gasteiger partial charge in [-0.2, -0.15) is 0 Å². The zero-order valence-corrected chi connectivity index (χ0v) is 10.9. The van der Waals surface area contributed by atoms with Gasteiger partial charge in [0.15, 0.2) is 0 Å². The van der Waals surface area contributed by atoms with Crippen LogP contribution in [0, 0.1) is 5.82 Å². The van der Waals surface area contributed by atoms with Crippen molar-refractivity contribution in [1.82, 2.24) is 4.98 Å². The lowest BCUT2D eigenvalue weighted by Gasteiger charge is -2.06. The molecule has 0 unspecified atom stereocenters. The number of nitrogens with one attached hydrogen (secondary N) is 1. The van der Waals surface area contributed by atoms with Crippen molar-refractivity contribution < 1.29 is 13.9 Å². The minimum absolute atomic E-state index is 0.119. The van der Waals surface area contributed by atoms with Crippen LogP contribution in [0.3, 0.4) is 0 Å². The maximum absolute atomic E-state index is 12.7. The number of rotatable bonds is 6. The topological polar surface area (TPSA) is 51.2 Å². The highest BCUT2D eigenvalue weighted by Crippen LogP contribution is 2.10. The number of carbonyl (C=O) groups is 1. The molecule has 0 aliphatic heterocycles. The van der Waals surface area contributed by atoms with E-state index >= 15 is 0 Å². The van der Waals surface area contributed by atoms with Gasteiger partial charge in [-0.25, -0.2) is 4.39 Å². The number of benzene rings is 1. The van der Waals surface area contributed by atoms with E-state index in [1.54, 1.807) is 18.5 Å². The standard InChI is InChI=1S/C15H15FN2O2/c16-12-5-7-13(8-6-12)18-15(19)4-2-10-20-14-3-1-9-17-11-14/h1,3,5-9,11H,2,4,10H2,(H,18,19). The lowest BCUT2D eigenvalue weighted by Crippen LogP contribution is -2.12. The highest BCUT2D eigenvalue weighted by atomic mass is 19.1. The lowest BCUT2D eigenvalue weighted by atomic mass is 10.2. The van der Waals surface area contributed by atoms with Crippen LogP contribution in [0.15, 0.2) is 48.8 Å². The van der Waals surface area contributed by atoms with E-state index in [1.165, 1.54) is 24.3 Å². The van der Waals surface area contributed by atoms with Crippen LogP contribution in [0.5, 0.6) is 5.75 Å². The zero-order valence-electron chi connectivity index (χ0n) is 10.9. The van der Waals surface area contributed by atoms with Crippen molar-refractivity contribution in [2.24, 2.45) is 0 Å². The summed E-state index contributed by atoms with van der Waals surface area (Å²) in [7, 11) is 0. The fraction of sp³-hybridized carbons (Fsp3) is 0.200. The van der Waals surface area contributed by atoms with Crippen molar-refractivity contribution >= 4 is 11.6 Å². The molecule has 1 aromatic heterocycles. The molecule has 2 aromatic rings. The van der Waals surface area contributed by atoms with Gasteiger partial charge in [0, 0.05) is 18.3 Å². The summed E-state index contributed by atoms with van der Waals surface area (Å²) >= 11 is 0. The molecule has 0 aliphatic rings. The molecule has 0 saturated heterocycles.